The molecule has 1 saturated heterocycles. The first-order chi connectivity index (χ1) is 19.8. The van der Waals surface area contributed by atoms with Crippen molar-refractivity contribution < 1.29 is 18.7 Å². The fourth-order valence-corrected chi connectivity index (χ4v) is 5.24. The van der Waals surface area contributed by atoms with E-state index in [0.29, 0.717) is 48.7 Å². The van der Waals surface area contributed by atoms with Crippen molar-refractivity contribution in [3.05, 3.63) is 74.7 Å². The molecule has 3 aromatic rings. The summed E-state index contributed by atoms with van der Waals surface area (Å²) in [4.78, 5) is 24.0. The summed E-state index contributed by atoms with van der Waals surface area (Å²) >= 11 is 9.55. The van der Waals surface area contributed by atoms with Gasteiger partial charge in [-0.25, -0.2) is 19.2 Å². The van der Waals surface area contributed by atoms with E-state index in [0.717, 1.165) is 11.3 Å². The molecular weight excluding hydrogens is 627 g/mol. The topological polar surface area (TPSA) is 112 Å². The summed E-state index contributed by atoms with van der Waals surface area (Å²) in [6, 6.07) is 12.1. The first-order valence-electron chi connectivity index (χ1n) is 13.5. The number of nitrogens with one attached hydrogen (secondary N) is 3. The van der Waals surface area contributed by atoms with Crippen molar-refractivity contribution in [1.29, 1.82) is 5.41 Å². The molecule has 0 radical (unpaired) electrons. The molecule has 0 aliphatic carbocycles. The number of aromatic nitrogens is 2. The van der Waals surface area contributed by atoms with Crippen molar-refractivity contribution >= 4 is 51.0 Å². The predicted octanol–water partition coefficient (Wildman–Crippen LogP) is 6.95. The minimum Gasteiger partial charge on any atom is -0.497 e. The van der Waals surface area contributed by atoms with Gasteiger partial charge in [-0.15, -0.1) is 0 Å². The van der Waals surface area contributed by atoms with Gasteiger partial charge in [-0.1, -0.05) is 29.8 Å². The molecule has 2 heterocycles. The Kier molecular flexibility index (Phi) is 9.62. The predicted molar refractivity (Wildman–Crippen MR) is 167 cm³/mol. The van der Waals surface area contributed by atoms with E-state index in [1.165, 1.54) is 12.1 Å². The van der Waals surface area contributed by atoms with Gasteiger partial charge in [-0.2, -0.15) is 0 Å². The largest absolute Gasteiger partial charge is 0.497 e. The van der Waals surface area contributed by atoms with Crippen LogP contribution in [0.4, 0.5) is 20.8 Å². The fourth-order valence-electron chi connectivity index (χ4n) is 4.55. The molecule has 0 bridgehead atoms. The molecule has 0 spiro atoms. The van der Waals surface area contributed by atoms with Crippen LogP contribution in [0, 0.1) is 11.2 Å². The Hall–Kier alpha value is -3.44. The molecule has 42 heavy (non-hydrogen) atoms. The van der Waals surface area contributed by atoms with E-state index < -0.39 is 23.1 Å². The van der Waals surface area contributed by atoms with Gasteiger partial charge in [0.15, 0.2) is 17.5 Å². The second-order valence-electron chi connectivity index (χ2n) is 11.4. The average molecular weight is 662 g/mol. The number of benzene rings is 2. The number of methoxy groups -OCH3 is 1. The Balaban J connectivity index is 1.60. The normalized spacial score (nSPS) is 14.7. The highest BCUT2D eigenvalue weighted by molar-refractivity contribution is 9.10. The summed E-state index contributed by atoms with van der Waals surface area (Å²) in [5.41, 5.74) is -0.0319. The lowest BCUT2D eigenvalue weighted by atomic mass is 9.90. The second kappa shape index (κ2) is 12.8. The summed E-state index contributed by atoms with van der Waals surface area (Å²) in [5.74, 6) is 0.949. The van der Waals surface area contributed by atoms with Gasteiger partial charge in [0, 0.05) is 30.7 Å². The molecule has 1 fully saturated rings. The summed E-state index contributed by atoms with van der Waals surface area (Å²) in [5, 5.41) is 15.1. The number of anilines is 2. The van der Waals surface area contributed by atoms with Crippen LogP contribution in [0.15, 0.2) is 47.1 Å². The minimum atomic E-state index is -0.694. The Morgan fingerprint density at radius 2 is 1.83 bits per heavy atom. The van der Waals surface area contributed by atoms with E-state index in [1.54, 1.807) is 13.2 Å². The maximum Gasteiger partial charge on any atom is 0.408 e. The van der Waals surface area contributed by atoms with Gasteiger partial charge in [0.05, 0.1) is 17.8 Å². The Labute approximate surface area is 258 Å². The number of hydrogen-bond donors (Lipinski definition) is 3. The SMILES string of the molecule is COc1ccc(CNc2nc(N3CCC(C)(NC(=O)OC(C)(C)C)CC3)c(Br)nc2C(=N)c2cccc(Cl)c2F)cc1. The summed E-state index contributed by atoms with van der Waals surface area (Å²) in [7, 11) is 1.61. The summed E-state index contributed by atoms with van der Waals surface area (Å²) < 4.78 is 26.0. The molecule has 1 amide bonds. The van der Waals surface area contributed by atoms with Gasteiger partial charge in [0.1, 0.15) is 21.6 Å². The smallest absolute Gasteiger partial charge is 0.408 e. The third-order valence-corrected chi connectivity index (χ3v) is 7.71. The van der Waals surface area contributed by atoms with E-state index >= 15 is 0 Å². The second-order valence-corrected chi connectivity index (χ2v) is 12.5. The van der Waals surface area contributed by atoms with E-state index in [1.807, 2.05) is 52.0 Å². The van der Waals surface area contributed by atoms with Crippen molar-refractivity contribution in [2.24, 2.45) is 0 Å². The van der Waals surface area contributed by atoms with E-state index in [4.69, 9.17) is 31.5 Å². The number of halogens is 3. The molecular formula is C30H35BrClFN6O3. The maximum absolute atomic E-state index is 14.9. The molecule has 12 heteroatoms. The number of carbonyl (C=O) groups excluding carboxylic acids is 1. The van der Waals surface area contributed by atoms with Crippen LogP contribution in [0.1, 0.15) is 57.4 Å². The van der Waals surface area contributed by atoms with E-state index in [2.05, 4.69) is 36.4 Å². The Morgan fingerprint density at radius 1 is 1.17 bits per heavy atom. The van der Waals surface area contributed by atoms with Gasteiger partial charge in [0.25, 0.3) is 0 Å². The highest BCUT2D eigenvalue weighted by Gasteiger charge is 2.34. The van der Waals surface area contributed by atoms with E-state index in [-0.39, 0.29) is 22.0 Å². The van der Waals surface area contributed by atoms with Crippen molar-refractivity contribution in [3.8, 4) is 5.75 Å². The molecule has 224 valence electrons. The van der Waals surface area contributed by atoms with Crippen molar-refractivity contribution in [1.82, 2.24) is 15.3 Å². The molecule has 0 saturated carbocycles. The number of alkyl carbamates (subject to hydrolysis) is 1. The quantitative estimate of drug-likeness (QED) is 0.224. The van der Waals surface area contributed by atoms with Crippen LogP contribution >= 0.6 is 27.5 Å². The number of rotatable bonds is 8. The van der Waals surface area contributed by atoms with Crippen molar-refractivity contribution in [2.45, 2.75) is 58.2 Å². The van der Waals surface area contributed by atoms with Gasteiger partial charge in [-0.3, -0.25) is 5.41 Å². The summed E-state index contributed by atoms with van der Waals surface area (Å²) in [6.45, 7) is 9.07. The molecule has 0 unspecified atom stereocenters. The van der Waals surface area contributed by atoms with Gasteiger partial charge < -0.3 is 25.0 Å². The third-order valence-electron chi connectivity index (χ3n) is 6.88. The van der Waals surface area contributed by atoms with Gasteiger partial charge >= 0.3 is 6.09 Å². The third kappa shape index (κ3) is 7.69. The van der Waals surface area contributed by atoms with Crippen LogP contribution in [-0.4, -0.2) is 53.1 Å². The highest BCUT2D eigenvalue weighted by Crippen LogP contribution is 2.33. The molecule has 1 aliphatic rings. The lowest BCUT2D eigenvalue weighted by molar-refractivity contribution is 0.0448. The fraction of sp³-hybridized carbons (Fsp3) is 0.400. The number of hydrogen-bond acceptors (Lipinski definition) is 8. The minimum absolute atomic E-state index is 0.0194. The number of ether oxygens (including phenoxy) is 2. The molecule has 2 aromatic carbocycles. The van der Waals surface area contributed by atoms with Crippen LogP contribution in [-0.2, 0) is 11.3 Å². The standard InChI is InChI=1S/C30H35BrClFN6O3/c1-29(2,3)42-28(40)38-30(4)13-15-39(16-14-30)27-25(31)36-24(23(34)20-7-6-8-21(32)22(20)33)26(37-27)35-17-18-9-11-19(41-5)12-10-18/h6-12,34H,13-17H2,1-5H3,(H,35,37)(H,38,40). The molecule has 3 N–H and O–H groups in total. The first-order valence-corrected chi connectivity index (χ1v) is 14.7. The summed E-state index contributed by atoms with van der Waals surface area (Å²) in [6.07, 6.45) is 0.862. The lowest BCUT2D eigenvalue weighted by Crippen LogP contribution is -2.54. The van der Waals surface area contributed by atoms with Crippen LogP contribution in [0.25, 0.3) is 0 Å². The molecule has 0 atom stereocenters. The zero-order valence-electron chi connectivity index (χ0n) is 24.3. The van der Waals surface area contributed by atoms with Crippen LogP contribution in [0.2, 0.25) is 5.02 Å². The van der Waals surface area contributed by atoms with Crippen molar-refractivity contribution in [3.63, 3.8) is 0 Å². The number of piperidine rings is 1. The van der Waals surface area contributed by atoms with Crippen molar-refractivity contribution in [2.75, 3.05) is 30.4 Å². The van der Waals surface area contributed by atoms with Gasteiger partial charge in [-0.05, 0) is 86.3 Å². The number of carbonyl (C=O) groups is 1. The molecule has 1 aliphatic heterocycles. The Morgan fingerprint density at radius 3 is 2.45 bits per heavy atom. The van der Waals surface area contributed by atoms with Crippen LogP contribution in [0.3, 0.4) is 0 Å². The maximum atomic E-state index is 14.9. The first kappa shape index (κ1) is 31.5. The van der Waals surface area contributed by atoms with Crippen LogP contribution < -0.4 is 20.3 Å². The molecule has 1 aromatic heterocycles. The van der Waals surface area contributed by atoms with Gasteiger partial charge in [0.2, 0.25) is 0 Å². The van der Waals surface area contributed by atoms with E-state index in [9.17, 15) is 9.18 Å². The molecule has 9 nitrogen and oxygen atoms in total. The van der Waals surface area contributed by atoms with Crippen LogP contribution in [0.5, 0.6) is 5.75 Å². The zero-order valence-corrected chi connectivity index (χ0v) is 26.6. The average Bonchev–Trinajstić information content (AvgIpc) is 2.93. The lowest BCUT2D eigenvalue weighted by Gasteiger charge is -2.40. The Bertz CT molecular complexity index is 1460. The molecule has 4 rings (SSSR count). The highest BCUT2D eigenvalue weighted by atomic mass is 79.9. The number of nitrogens with zero attached hydrogens (tertiary/aromatic N) is 3. The zero-order chi connectivity index (χ0) is 30.7. The number of amides is 1. The monoisotopic (exact) mass is 660 g/mol.